The lowest BCUT2D eigenvalue weighted by molar-refractivity contribution is -0.122. The second kappa shape index (κ2) is 6.04. The molecule has 0 radical (unpaired) electrons. The summed E-state index contributed by atoms with van der Waals surface area (Å²) < 4.78 is 0. The van der Waals surface area contributed by atoms with E-state index in [-0.39, 0.29) is 22.6 Å². The Kier molecular flexibility index (Phi) is 4.39. The normalized spacial score (nSPS) is 18.2. The summed E-state index contributed by atoms with van der Waals surface area (Å²) >= 11 is 11.6. The summed E-state index contributed by atoms with van der Waals surface area (Å²) in [5.41, 5.74) is 2.80. The highest BCUT2D eigenvalue weighted by Gasteiger charge is 2.19. The lowest BCUT2D eigenvalue weighted by Crippen LogP contribution is -2.20. The molecular formula is C12H11Cl2N3O2. The van der Waals surface area contributed by atoms with Gasteiger partial charge < -0.3 is 5.11 Å². The Morgan fingerprint density at radius 2 is 2.26 bits per heavy atom. The number of carbonyl (C=O) groups excluding carboxylic acids is 1. The number of hydrogen-bond acceptors (Lipinski definition) is 4. The van der Waals surface area contributed by atoms with Crippen LogP contribution in [0.5, 0.6) is 5.75 Å². The van der Waals surface area contributed by atoms with E-state index in [2.05, 4.69) is 15.5 Å². The number of aromatic hydroxyl groups is 1. The standard InChI is InChI=1S/C12H11Cl2N3O2/c13-9-3-8(11(18)10(14)4-9)5-15-2-1-7-6-16-17-12(7)19/h3-7,18H,1-2H2,(H,17,19). The van der Waals surface area contributed by atoms with Crippen LogP contribution in [0.1, 0.15) is 12.0 Å². The molecule has 19 heavy (non-hydrogen) atoms. The van der Waals surface area contributed by atoms with E-state index in [1.165, 1.54) is 12.3 Å². The van der Waals surface area contributed by atoms with E-state index in [1.54, 1.807) is 12.3 Å². The summed E-state index contributed by atoms with van der Waals surface area (Å²) in [5.74, 6) is -0.424. The summed E-state index contributed by atoms with van der Waals surface area (Å²) in [6.07, 6.45) is 3.60. The van der Waals surface area contributed by atoms with Crippen LogP contribution >= 0.6 is 23.2 Å². The number of nitrogens with zero attached hydrogens (tertiary/aromatic N) is 2. The molecule has 2 rings (SSSR count). The Morgan fingerprint density at radius 1 is 1.47 bits per heavy atom. The van der Waals surface area contributed by atoms with Gasteiger partial charge in [-0.3, -0.25) is 9.79 Å². The highest BCUT2D eigenvalue weighted by Crippen LogP contribution is 2.29. The molecule has 0 saturated carbocycles. The number of phenols is 1. The highest BCUT2D eigenvalue weighted by atomic mass is 35.5. The maximum atomic E-state index is 11.2. The summed E-state index contributed by atoms with van der Waals surface area (Å²) in [5, 5.41) is 14.0. The zero-order valence-electron chi connectivity index (χ0n) is 9.81. The predicted molar refractivity (Wildman–Crippen MR) is 75.3 cm³/mol. The first-order valence-electron chi connectivity index (χ1n) is 5.59. The Bertz CT molecular complexity index is 558. The quantitative estimate of drug-likeness (QED) is 0.837. The van der Waals surface area contributed by atoms with Gasteiger partial charge in [-0.2, -0.15) is 5.10 Å². The maximum absolute atomic E-state index is 11.2. The van der Waals surface area contributed by atoms with Crippen LogP contribution in [0.3, 0.4) is 0 Å². The molecule has 1 atom stereocenters. The van der Waals surface area contributed by atoms with Crippen molar-refractivity contribution in [2.45, 2.75) is 6.42 Å². The number of rotatable bonds is 4. The average molecular weight is 300 g/mol. The molecule has 0 bridgehead atoms. The SMILES string of the molecule is O=C1NN=CC1CCN=Cc1cc(Cl)cc(Cl)c1O. The van der Waals surface area contributed by atoms with E-state index in [1.807, 2.05) is 0 Å². The molecule has 1 aromatic carbocycles. The number of benzene rings is 1. The molecule has 0 saturated heterocycles. The molecule has 1 aliphatic heterocycles. The van der Waals surface area contributed by atoms with Gasteiger partial charge in [-0.15, -0.1) is 0 Å². The Hall–Kier alpha value is -1.59. The number of phenolic OH excluding ortho intramolecular Hbond substituents is 1. The number of amides is 1. The van der Waals surface area contributed by atoms with E-state index in [4.69, 9.17) is 23.2 Å². The van der Waals surface area contributed by atoms with Gasteiger partial charge in [-0.05, 0) is 18.6 Å². The molecule has 1 unspecified atom stereocenters. The van der Waals surface area contributed by atoms with Crippen molar-refractivity contribution in [3.8, 4) is 5.75 Å². The second-order valence-corrected chi connectivity index (χ2v) is 4.85. The number of halogens is 2. The molecule has 100 valence electrons. The van der Waals surface area contributed by atoms with Crippen LogP contribution in [0.15, 0.2) is 22.2 Å². The van der Waals surface area contributed by atoms with Gasteiger partial charge in [0.15, 0.2) is 0 Å². The van der Waals surface area contributed by atoms with E-state index in [0.29, 0.717) is 23.6 Å². The van der Waals surface area contributed by atoms with Crippen LogP contribution in [0.2, 0.25) is 10.0 Å². The minimum atomic E-state index is -0.242. The lowest BCUT2D eigenvalue weighted by atomic mass is 10.1. The first-order valence-corrected chi connectivity index (χ1v) is 6.34. The number of carbonyl (C=O) groups is 1. The van der Waals surface area contributed by atoms with Gasteiger partial charge in [0.1, 0.15) is 5.75 Å². The summed E-state index contributed by atoms with van der Waals surface area (Å²) in [6, 6.07) is 3.02. The number of hydrogen-bond donors (Lipinski definition) is 2. The molecule has 7 heteroatoms. The van der Waals surface area contributed by atoms with Gasteiger partial charge in [0.25, 0.3) is 0 Å². The molecule has 0 aromatic heterocycles. The first kappa shape index (κ1) is 13.8. The largest absolute Gasteiger partial charge is 0.506 e. The van der Waals surface area contributed by atoms with Gasteiger partial charge in [0.2, 0.25) is 5.91 Å². The zero-order valence-corrected chi connectivity index (χ0v) is 11.3. The topological polar surface area (TPSA) is 74.0 Å². The van der Waals surface area contributed by atoms with Crippen molar-refractivity contribution in [2.75, 3.05) is 6.54 Å². The van der Waals surface area contributed by atoms with Gasteiger partial charge in [0, 0.05) is 29.6 Å². The lowest BCUT2D eigenvalue weighted by Gasteiger charge is -2.03. The fourth-order valence-electron chi connectivity index (χ4n) is 1.61. The van der Waals surface area contributed by atoms with Crippen molar-refractivity contribution in [2.24, 2.45) is 16.0 Å². The van der Waals surface area contributed by atoms with Crippen molar-refractivity contribution in [1.82, 2.24) is 5.43 Å². The third-order valence-corrected chi connectivity index (χ3v) is 3.13. The van der Waals surface area contributed by atoms with Crippen LogP contribution in [0.4, 0.5) is 0 Å². The van der Waals surface area contributed by atoms with Crippen LogP contribution in [0, 0.1) is 5.92 Å². The Labute approximate surface area is 119 Å². The Balaban J connectivity index is 1.96. The van der Waals surface area contributed by atoms with Gasteiger partial charge in [-0.25, -0.2) is 5.43 Å². The third kappa shape index (κ3) is 3.45. The molecule has 1 aromatic rings. The van der Waals surface area contributed by atoms with Gasteiger partial charge in [-0.1, -0.05) is 23.2 Å². The van der Waals surface area contributed by atoms with Crippen LogP contribution in [-0.4, -0.2) is 30.0 Å². The third-order valence-electron chi connectivity index (χ3n) is 2.62. The van der Waals surface area contributed by atoms with Crippen LogP contribution < -0.4 is 5.43 Å². The molecule has 5 nitrogen and oxygen atoms in total. The minimum absolute atomic E-state index is 0.0602. The molecular weight excluding hydrogens is 289 g/mol. The van der Waals surface area contributed by atoms with Gasteiger partial charge >= 0.3 is 0 Å². The number of aliphatic imine (C=N–C) groups is 1. The molecule has 1 aliphatic rings. The van der Waals surface area contributed by atoms with E-state index < -0.39 is 0 Å². The first-order chi connectivity index (χ1) is 9.08. The van der Waals surface area contributed by atoms with E-state index in [9.17, 15) is 9.90 Å². The van der Waals surface area contributed by atoms with Crippen molar-refractivity contribution < 1.29 is 9.90 Å². The minimum Gasteiger partial charge on any atom is -0.506 e. The van der Waals surface area contributed by atoms with Crippen LogP contribution in [0.25, 0.3) is 0 Å². The van der Waals surface area contributed by atoms with E-state index in [0.717, 1.165) is 0 Å². The van der Waals surface area contributed by atoms with E-state index >= 15 is 0 Å². The van der Waals surface area contributed by atoms with Crippen LogP contribution in [-0.2, 0) is 4.79 Å². The highest BCUT2D eigenvalue weighted by molar-refractivity contribution is 6.36. The fourth-order valence-corrected chi connectivity index (χ4v) is 2.12. The number of nitrogens with one attached hydrogen (secondary N) is 1. The molecule has 1 heterocycles. The summed E-state index contributed by atoms with van der Waals surface area (Å²) in [4.78, 5) is 15.4. The van der Waals surface area contributed by atoms with Crippen molar-refractivity contribution >= 4 is 41.5 Å². The van der Waals surface area contributed by atoms with Crippen molar-refractivity contribution in [1.29, 1.82) is 0 Å². The summed E-state index contributed by atoms with van der Waals surface area (Å²) in [6.45, 7) is 0.438. The molecule has 0 aliphatic carbocycles. The fraction of sp³-hybridized carbons (Fsp3) is 0.250. The average Bonchev–Trinajstić information content (AvgIpc) is 2.76. The monoisotopic (exact) mass is 299 g/mol. The second-order valence-electron chi connectivity index (χ2n) is 4.01. The van der Waals surface area contributed by atoms with Gasteiger partial charge in [0.05, 0.1) is 10.9 Å². The van der Waals surface area contributed by atoms with Crippen molar-refractivity contribution in [3.05, 3.63) is 27.7 Å². The summed E-state index contributed by atoms with van der Waals surface area (Å²) in [7, 11) is 0. The predicted octanol–water partition coefficient (Wildman–Crippen LogP) is 2.24. The molecule has 0 spiro atoms. The molecule has 1 amide bonds. The smallest absolute Gasteiger partial charge is 0.248 e. The Morgan fingerprint density at radius 3 is 2.95 bits per heavy atom. The van der Waals surface area contributed by atoms with Crippen molar-refractivity contribution in [3.63, 3.8) is 0 Å². The molecule has 2 N–H and O–H groups in total. The zero-order chi connectivity index (χ0) is 13.8. The maximum Gasteiger partial charge on any atom is 0.248 e. The molecule has 0 fully saturated rings. The number of hydrazone groups is 1.